The lowest BCUT2D eigenvalue weighted by atomic mass is 10.1. The van der Waals surface area contributed by atoms with E-state index < -0.39 is 54.6 Å². The third-order valence-electron chi connectivity index (χ3n) is 4.07. The van der Waals surface area contributed by atoms with Crippen LogP contribution in [0.25, 0.3) is 11.2 Å². The van der Waals surface area contributed by atoms with Crippen LogP contribution in [-0.2, 0) is 36.3 Å². The summed E-state index contributed by atoms with van der Waals surface area (Å²) in [5.41, 5.74) is 5.93. The molecule has 3 heterocycles. The molecule has 2 aromatic heterocycles. The first-order valence-corrected chi connectivity index (χ1v) is 12.8. The molecule has 3 rings (SSSR count). The van der Waals surface area contributed by atoms with Gasteiger partial charge in [0, 0.05) is 7.11 Å². The van der Waals surface area contributed by atoms with Gasteiger partial charge in [-0.1, -0.05) is 0 Å². The number of fused-ring (bicyclic) bond motifs is 1. The zero-order chi connectivity index (χ0) is 23.9. The van der Waals surface area contributed by atoms with Gasteiger partial charge in [-0.2, -0.15) is 4.31 Å². The molecule has 180 valence electrons. The van der Waals surface area contributed by atoms with Gasteiger partial charge >= 0.3 is 23.5 Å². The number of phosphoric acid groups is 3. The van der Waals surface area contributed by atoms with Crippen molar-refractivity contribution < 1.29 is 61.0 Å². The molecule has 0 aromatic carbocycles. The van der Waals surface area contributed by atoms with Crippen LogP contribution in [0.1, 0.15) is 6.23 Å². The highest BCUT2D eigenvalue weighted by atomic mass is 31.3. The Morgan fingerprint density at radius 3 is 2.47 bits per heavy atom. The summed E-state index contributed by atoms with van der Waals surface area (Å²) < 4.78 is 58.3. The van der Waals surface area contributed by atoms with E-state index in [1.807, 2.05) is 0 Å². The Kier molecular flexibility index (Phi) is 7.20. The summed E-state index contributed by atoms with van der Waals surface area (Å²) >= 11 is 0. The van der Waals surface area contributed by atoms with E-state index in [0.717, 1.165) is 24.3 Å². The predicted molar refractivity (Wildman–Crippen MR) is 100 cm³/mol. The number of imidazole rings is 1. The second-order valence-corrected chi connectivity index (χ2v) is 10.5. The van der Waals surface area contributed by atoms with Gasteiger partial charge in [0.15, 0.2) is 17.7 Å². The Morgan fingerprint density at radius 1 is 1.16 bits per heavy atom. The van der Waals surface area contributed by atoms with Crippen LogP contribution in [0.15, 0.2) is 12.7 Å². The van der Waals surface area contributed by atoms with Gasteiger partial charge < -0.3 is 35.2 Å². The summed E-state index contributed by atoms with van der Waals surface area (Å²) in [6.07, 6.45) is -4.30. The van der Waals surface area contributed by atoms with Crippen molar-refractivity contribution in [2.45, 2.75) is 24.5 Å². The number of anilines is 1. The van der Waals surface area contributed by atoms with Crippen LogP contribution in [0, 0.1) is 0 Å². The smallest absolute Gasteiger partial charge is 0.386 e. The van der Waals surface area contributed by atoms with E-state index in [9.17, 15) is 23.7 Å². The molecule has 1 fully saturated rings. The maximum Gasteiger partial charge on any atom is 0.481 e. The number of ether oxygens (including phenoxy) is 1. The highest BCUT2D eigenvalue weighted by Gasteiger charge is 2.50. The summed E-state index contributed by atoms with van der Waals surface area (Å²) in [4.78, 5) is 48.7. The average molecular weight is 521 g/mol. The predicted octanol–water partition coefficient (Wildman–Crippen LogP) is -0.975. The second kappa shape index (κ2) is 9.12. The van der Waals surface area contributed by atoms with Crippen LogP contribution in [0.3, 0.4) is 0 Å². The third kappa shape index (κ3) is 5.76. The fraction of sp³-hybridized carbons (Fsp3) is 0.545. The number of aliphatic hydroxyl groups is 1. The van der Waals surface area contributed by atoms with Crippen LogP contribution >= 0.6 is 23.5 Å². The minimum absolute atomic E-state index is 0.00841. The zero-order valence-electron chi connectivity index (χ0n) is 15.9. The standard InChI is InChI=1S/C11H18N5O13P3/c1-25-31(21,22)29-32(23,24)26-2-5-8(28-30(18,19)20)7(17)11(27-5)16-4-15-6-9(12)13-3-14-10(6)16/h3-5,7-8,11,17H,2H2,1H3,(H,21,22)(H,23,24)(H2,12,13,14)(H2,18,19,20). The van der Waals surface area contributed by atoms with Crippen molar-refractivity contribution in [3.05, 3.63) is 12.7 Å². The van der Waals surface area contributed by atoms with Crippen molar-refractivity contribution in [1.29, 1.82) is 0 Å². The van der Waals surface area contributed by atoms with Gasteiger partial charge in [-0.15, -0.1) is 0 Å². The first kappa shape index (κ1) is 25.3. The first-order valence-electron chi connectivity index (χ1n) is 8.31. The van der Waals surface area contributed by atoms with E-state index in [1.165, 1.54) is 0 Å². The number of nitrogens with zero attached hydrogens (tertiary/aromatic N) is 4. The lowest BCUT2D eigenvalue weighted by Gasteiger charge is -2.21. The number of nitrogen functional groups attached to an aromatic ring is 1. The lowest BCUT2D eigenvalue weighted by molar-refractivity contribution is -0.0502. The van der Waals surface area contributed by atoms with Gasteiger partial charge in [0.25, 0.3) is 0 Å². The number of nitrogens with two attached hydrogens (primary N) is 1. The molecule has 1 aliphatic rings. The van der Waals surface area contributed by atoms with E-state index in [2.05, 4.69) is 32.8 Å². The monoisotopic (exact) mass is 521 g/mol. The van der Waals surface area contributed by atoms with Gasteiger partial charge in [-0.25, -0.2) is 28.6 Å². The van der Waals surface area contributed by atoms with E-state index in [4.69, 9.17) is 25.2 Å². The Bertz CT molecular complexity index is 1120. The molecule has 0 saturated carbocycles. The van der Waals surface area contributed by atoms with Crippen LogP contribution in [0.2, 0.25) is 0 Å². The Hall–Kier alpha value is -1.36. The van der Waals surface area contributed by atoms with Crippen molar-refractivity contribution in [2.24, 2.45) is 0 Å². The van der Waals surface area contributed by atoms with E-state index in [1.54, 1.807) is 0 Å². The summed E-state index contributed by atoms with van der Waals surface area (Å²) in [6.45, 7) is -0.973. The SMILES string of the molecule is COP(=O)(O)OP(=O)(O)OCC1OC(n2cnc3c(N)ncnc32)C(O)C1OP(=O)(O)O. The Morgan fingerprint density at radius 2 is 1.84 bits per heavy atom. The number of hydrogen-bond donors (Lipinski definition) is 6. The minimum Gasteiger partial charge on any atom is -0.386 e. The number of aromatic nitrogens is 4. The quantitative estimate of drug-likeness (QED) is 0.216. The molecule has 0 radical (unpaired) electrons. The molecule has 6 atom stereocenters. The van der Waals surface area contributed by atoms with E-state index in [0.29, 0.717) is 0 Å². The maximum absolute atomic E-state index is 11.9. The molecule has 7 N–H and O–H groups in total. The molecular weight excluding hydrogens is 503 g/mol. The summed E-state index contributed by atoms with van der Waals surface area (Å²) in [5.74, 6) is 0.00841. The van der Waals surface area contributed by atoms with Crippen LogP contribution < -0.4 is 5.73 Å². The van der Waals surface area contributed by atoms with Crippen molar-refractivity contribution in [2.75, 3.05) is 19.5 Å². The number of aliphatic hydroxyl groups excluding tert-OH is 1. The van der Waals surface area contributed by atoms with Crippen molar-refractivity contribution in [1.82, 2.24) is 19.5 Å². The number of hydrogen-bond acceptors (Lipinski definition) is 13. The first-order chi connectivity index (χ1) is 14.7. The Labute approximate surface area is 178 Å². The fourth-order valence-corrected chi connectivity index (χ4v) is 5.19. The highest BCUT2D eigenvalue weighted by molar-refractivity contribution is 7.61. The summed E-state index contributed by atoms with van der Waals surface area (Å²) in [6, 6.07) is 0. The Balaban J connectivity index is 1.85. The normalized spacial score (nSPS) is 27.9. The average Bonchev–Trinajstić information content (AvgIpc) is 3.21. The number of rotatable bonds is 9. The van der Waals surface area contributed by atoms with Crippen molar-refractivity contribution in [3.63, 3.8) is 0 Å². The largest absolute Gasteiger partial charge is 0.481 e. The molecule has 2 aromatic rings. The van der Waals surface area contributed by atoms with Crippen LogP contribution in [-0.4, -0.2) is 76.2 Å². The van der Waals surface area contributed by atoms with Crippen LogP contribution in [0.5, 0.6) is 0 Å². The van der Waals surface area contributed by atoms with Crippen molar-refractivity contribution in [3.8, 4) is 0 Å². The molecule has 1 aliphatic heterocycles. The molecule has 0 aliphatic carbocycles. The highest BCUT2D eigenvalue weighted by Crippen LogP contribution is 2.60. The van der Waals surface area contributed by atoms with Crippen molar-refractivity contribution >= 4 is 40.4 Å². The van der Waals surface area contributed by atoms with Crippen LogP contribution in [0.4, 0.5) is 5.82 Å². The minimum atomic E-state index is -5.21. The number of phosphoric ester groups is 3. The molecule has 21 heteroatoms. The van der Waals surface area contributed by atoms with Gasteiger partial charge in [0.2, 0.25) is 0 Å². The van der Waals surface area contributed by atoms with Gasteiger partial charge in [-0.3, -0.25) is 18.1 Å². The summed E-state index contributed by atoms with van der Waals surface area (Å²) in [7, 11) is -14.6. The fourth-order valence-electron chi connectivity index (χ4n) is 2.78. The van der Waals surface area contributed by atoms with E-state index in [-0.39, 0.29) is 17.0 Å². The molecular formula is C11H18N5O13P3. The molecule has 18 nitrogen and oxygen atoms in total. The lowest BCUT2D eigenvalue weighted by Crippen LogP contribution is -2.35. The molecule has 1 saturated heterocycles. The van der Waals surface area contributed by atoms with E-state index >= 15 is 0 Å². The van der Waals surface area contributed by atoms with Gasteiger partial charge in [-0.05, 0) is 0 Å². The van der Waals surface area contributed by atoms with Gasteiger partial charge in [0.05, 0.1) is 12.9 Å². The van der Waals surface area contributed by atoms with Gasteiger partial charge in [0.1, 0.15) is 30.2 Å². The summed E-state index contributed by atoms with van der Waals surface area (Å²) in [5, 5.41) is 10.6. The molecule has 6 unspecified atom stereocenters. The zero-order valence-corrected chi connectivity index (χ0v) is 18.6. The molecule has 0 spiro atoms. The maximum atomic E-state index is 11.9. The molecule has 32 heavy (non-hydrogen) atoms. The molecule has 0 amide bonds. The third-order valence-corrected chi connectivity index (χ3v) is 7.17. The molecule has 0 bridgehead atoms. The topological polar surface area (TPSA) is 268 Å². The second-order valence-electron chi connectivity index (χ2n) is 6.20.